The van der Waals surface area contributed by atoms with E-state index in [0.29, 0.717) is 11.4 Å². The van der Waals surface area contributed by atoms with Crippen molar-refractivity contribution in [2.24, 2.45) is 0 Å². The Morgan fingerprint density at radius 1 is 0.519 bits per heavy atom. The van der Waals surface area contributed by atoms with Crippen LogP contribution in [-0.2, 0) is 5.41 Å². The van der Waals surface area contributed by atoms with Gasteiger partial charge >= 0.3 is 0 Å². The number of aromatic nitrogens is 3. The van der Waals surface area contributed by atoms with Crippen LogP contribution >= 0.6 is 0 Å². The van der Waals surface area contributed by atoms with Crippen molar-refractivity contribution in [3.63, 3.8) is 0 Å². The molecule has 0 atom stereocenters. The number of hydrogen-bond donors (Lipinski definition) is 0. The van der Waals surface area contributed by atoms with E-state index in [2.05, 4.69) is 134 Å². The molecule has 9 aromatic rings. The molecule has 0 N–H and O–H groups in total. The van der Waals surface area contributed by atoms with Crippen LogP contribution in [0.1, 0.15) is 30.5 Å². The minimum Gasteiger partial charge on any atom is -0.309 e. The molecule has 1 aliphatic rings. The summed E-state index contributed by atoms with van der Waals surface area (Å²) in [6.45, 7) is 4.67. The molecule has 0 saturated heterocycles. The highest BCUT2D eigenvalue weighted by molar-refractivity contribution is 6.18. The molecule has 4 nitrogen and oxygen atoms in total. The zero-order valence-electron chi connectivity index (χ0n) is 30.0. The average Bonchev–Trinajstić information content (AvgIpc) is 3.69. The van der Waals surface area contributed by atoms with Crippen molar-refractivity contribution in [1.29, 1.82) is 5.26 Å². The van der Waals surface area contributed by atoms with Crippen LogP contribution in [0.2, 0.25) is 0 Å². The molecule has 2 aromatic heterocycles. The average molecular weight is 691 g/mol. The molecule has 1 aliphatic carbocycles. The highest BCUT2D eigenvalue weighted by atomic mass is 15.0. The molecule has 0 aliphatic heterocycles. The number of nitrogens with zero attached hydrogens (tertiary/aromatic N) is 4. The third-order valence-corrected chi connectivity index (χ3v) is 11.0. The molecular weight excluding hydrogens is 657 g/mol. The number of para-hydroxylation sites is 1. The van der Waals surface area contributed by atoms with E-state index in [-0.39, 0.29) is 5.41 Å². The fourth-order valence-electron chi connectivity index (χ4n) is 8.39. The van der Waals surface area contributed by atoms with Gasteiger partial charge in [0.25, 0.3) is 0 Å². The SMILES string of the molecule is CC1(C)c2ccccc2-c2c1ccc1c2c2ccccc2n1-c1cc(-c2ccc(C#N)cc2)cc(-c2nc(-c3ccccc3)cc(-c3ccccc3)n2)c1. The van der Waals surface area contributed by atoms with E-state index in [1.54, 1.807) is 0 Å². The minimum absolute atomic E-state index is 0.108. The summed E-state index contributed by atoms with van der Waals surface area (Å²) in [6.07, 6.45) is 0. The zero-order chi connectivity index (χ0) is 36.4. The lowest BCUT2D eigenvalue weighted by atomic mass is 9.82. The molecule has 10 rings (SSSR count). The van der Waals surface area contributed by atoms with E-state index >= 15 is 0 Å². The van der Waals surface area contributed by atoms with E-state index < -0.39 is 0 Å². The molecule has 254 valence electrons. The van der Waals surface area contributed by atoms with Crippen molar-refractivity contribution in [2.75, 3.05) is 0 Å². The zero-order valence-corrected chi connectivity index (χ0v) is 30.0. The monoisotopic (exact) mass is 690 g/mol. The van der Waals surface area contributed by atoms with Crippen molar-refractivity contribution in [3.05, 3.63) is 187 Å². The molecule has 7 aromatic carbocycles. The van der Waals surface area contributed by atoms with Crippen LogP contribution in [0, 0.1) is 11.3 Å². The summed E-state index contributed by atoms with van der Waals surface area (Å²) in [6, 6.07) is 61.6. The molecule has 54 heavy (non-hydrogen) atoms. The topological polar surface area (TPSA) is 54.5 Å². The van der Waals surface area contributed by atoms with Crippen LogP contribution in [0.5, 0.6) is 0 Å². The van der Waals surface area contributed by atoms with Gasteiger partial charge in [0.1, 0.15) is 0 Å². The molecule has 0 bridgehead atoms. The van der Waals surface area contributed by atoms with Crippen LogP contribution in [0.3, 0.4) is 0 Å². The predicted molar refractivity (Wildman–Crippen MR) is 220 cm³/mol. The second kappa shape index (κ2) is 12.3. The molecule has 0 amide bonds. The molecular formula is C50H34N4. The van der Waals surface area contributed by atoms with Gasteiger partial charge in [-0.3, -0.25) is 0 Å². The highest BCUT2D eigenvalue weighted by Crippen LogP contribution is 2.53. The van der Waals surface area contributed by atoms with Crippen LogP contribution in [0.4, 0.5) is 0 Å². The molecule has 2 heterocycles. The number of benzene rings is 7. The first-order valence-electron chi connectivity index (χ1n) is 18.3. The fourth-order valence-corrected chi connectivity index (χ4v) is 8.39. The van der Waals surface area contributed by atoms with Crippen LogP contribution in [-0.4, -0.2) is 14.5 Å². The number of fused-ring (bicyclic) bond motifs is 7. The standard InChI is InChI=1S/C50H34N4/c1-50(2)41-19-11-9-17-39(41)47-42(50)25-26-46-48(47)40-18-10-12-20-45(40)54(46)38-28-36(33-23-21-32(31-51)22-24-33)27-37(29-38)49-52-43(34-13-5-3-6-14-34)30-44(53-49)35-15-7-4-8-16-35/h3-30H,1-2H3. The van der Waals surface area contributed by atoms with Crippen molar-refractivity contribution >= 4 is 21.8 Å². The van der Waals surface area contributed by atoms with E-state index in [1.165, 1.54) is 33.0 Å². The number of nitriles is 1. The summed E-state index contributed by atoms with van der Waals surface area (Å²) >= 11 is 0. The van der Waals surface area contributed by atoms with Gasteiger partial charge in [0.05, 0.1) is 34.1 Å². The second-order valence-corrected chi connectivity index (χ2v) is 14.6. The Balaban J connectivity index is 1.27. The summed E-state index contributed by atoms with van der Waals surface area (Å²) in [7, 11) is 0. The Labute approximate surface area is 314 Å². The van der Waals surface area contributed by atoms with Gasteiger partial charge in [-0.15, -0.1) is 0 Å². The summed E-state index contributed by atoms with van der Waals surface area (Å²) in [5.74, 6) is 0.643. The van der Waals surface area contributed by atoms with Crippen LogP contribution < -0.4 is 0 Å². The molecule has 0 saturated carbocycles. The Morgan fingerprint density at radius 3 is 1.85 bits per heavy atom. The van der Waals surface area contributed by atoms with Crippen molar-refractivity contribution in [2.45, 2.75) is 19.3 Å². The summed E-state index contributed by atoms with van der Waals surface area (Å²) < 4.78 is 2.40. The van der Waals surface area contributed by atoms with E-state index in [1.807, 2.05) is 60.7 Å². The maximum atomic E-state index is 9.59. The molecule has 0 fully saturated rings. The lowest BCUT2D eigenvalue weighted by molar-refractivity contribution is 0.661. The second-order valence-electron chi connectivity index (χ2n) is 14.6. The first-order valence-corrected chi connectivity index (χ1v) is 18.3. The Morgan fingerprint density at radius 2 is 1.15 bits per heavy atom. The van der Waals surface area contributed by atoms with Gasteiger partial charge < -0.3 is 4.57 Å². The van der Waals surface area contributed by atoms with Gasteiger partial charge in [-0.1, -0.05) is 135 Å². The van der Waals surface area contributed by atoms with Gasteiger partial charge in [-0.25, -0.2) is 9.97 Å². The summed E-state index contributed by atoms with van der Waals surface area (Å²) in [5.41, 5.74) is 15.9. The van der Waals surface area contributed by atoms with Crippen LogP contribution in [0.25, 0.3) is 83.6 Å². The van der Waals surface area contributed by atoms with Gasteiger partial charge in [0.15, 0.2) is 5.82 Å². The lowest BCUT2D eigenvalue weighted by Gasteiger charge is -2.21. The first-order chi connectivity index (χ1) is 26.5. The Hall–Kier alpha value is -7.09. The maximum Gasteiger partial charge on any atom is 0.160 e. The summed E-state index contributed by atoms with van der Waals surface area (Å²) in [5, 5.41) is 12.1. The first kappa shape index (κ1) is 31.6. The van der Waals surface area contributed by atoms with Crippen molar-refractivity contribution < 1.29 is 0 Å². The van der Waals surface area contributed by atoms with Gasteiger partial charge in [0, 0.05) is 38.6 Å². The van der Waals surface area contributed by atoms with Crippen molar-refractivity contribution in [1.82, 2.24) is 14.5 Å². The quantitative estimate of drug-likeness (QED) is 0.181. The van der Waals surface area contributed by atoms with Gasteiger partial charge in [-0.05, 0) is 81.9 Å². The minimum atomic E-state index is -0.108. The molecule has 0 spiro atoms. The summed E-state index contributed by atoms with van der Waals surface area (Å²) in [4.78, 5) is 10.5. The fraction of sp³-hybridized carbons (Fsp3) is 0.0600. The van der Waals surface area contributed by atoms with Gasteiger partial charge in [0.2, 0.25) is 0 Å². The van der Waals surface area contributed by atoms with E-state index in [9.17, 15) is 5.26 Å². The molecule has 4 heteroatoms. The van der Waals surface area contributed by atoms with E-state index in [0.717, 1.165) is 55.9 Å². The highest BCUT2D eigenvalue weighted by Gasteiger charge is 2.37. The number of hydrogen-bond acceptors (Lipinski definition) is 3. The molecule has 0 radical (unpaired) electrons. The maximum absolute atomic E-state index is 9.59. The smallest absolute Gasteiger partial charge is 0.160 e. The Bertz CT molecular complexity index is 2890. The van der Waals surface area contributed by atoms with Gasteiger partial charge in [-0.2, -0.15) is 5.26 Å². The molecule has 0 unspecified atom stereocenters. The van der Waals surface area contributed by atoms with Crippen molar-refractivity contribution in [3.8, 4) is 67.9 Å². The third-order valence-electron chi connectivity index (χ3n) is 11.0. The number of rotatable bonds is 5. The van der Waals surface area contributed by atoms with Crippen LogP contribution in [0.15, 0.2) is 170 Å². The van der Waals surface area contributed by atoms with E-state index in [4.69, 9.17) is 9.97 Å². The normalized spacial score (nSPS) is 12.8. The lowest BCUT2D eigenvalue weighted by Crippen LogP contribution is -2.14. The Kier molecular flexibility index (Phi) is 7.18. The predicted octanol–water partition coefficient (Wildman–Crippen LogP) is 12.4. The third kappa shape index (κ3) is 4.98. The largest absolute Gasteiger partial charge is 0.309 e.